The summed E-state index contributed by atoms with van der Waals surface area (Å²) in [6.45, 7) is 1.51. The Morgan fingerprint density at radius 2 is 2.12 bits per heavy atom. The van der Waals surface area contributed by atoms with Gasteiger partial charge >= 0.3 is 5.97 Å². The number of nitrogens with zero attached hydrogens (tertiary/aromatic N) is 1. The van der Waals surface area contributed by atoms with E-state index in [0.29, 0.717) is 11.3 Å². The fraction of sp³-hybridized carbons (Fsp3) is 0.250. The van der Waals surface area contributed by atoms with Crippen molar-refractivity contribution in [3.8, 4) is 0 Å². The van der Waals surface area contributed by atoms with Crippen molar-refractivity contribution >= 4 is 23.9 Å². The number of hydrogen-bond acceptors (Lipinski definition) is 5. The van der Waals surface area contributed by atoms with Gasteiger partial charge < -0.3 is 15.3 Å². The average Bonchev–Trinajstić information content (AvgIpc) is 2.20. The molecule has 1 rings (SSSR count). The molecule has 0 aromatic carbocycles. The van der Waals surface area contributed by atoms with E-state index in [1.54, 1.807) is 0 Å². The van der Waals surface area contributed by atoms with Crippen LogP contribution < -0.4 is 5.56 Å². The normalized spacial score (nSPS) is 11.4. The molecule has 0 aliphatic heterocycles. The van der Waals surface area contributed by atoms with Gasteiger partial charge in [-0.2, -0.15) is 0 Å². The predicted molar refractivity (Wildman–Crippen MR) is 57.5 cm³/mol. The number of hydrogen-bond donors (Lipinski definition) is 4. The fourth-order valence-electron chi connectivity index (χ4n) is 1.09. The van der Waals surface area contributed by atoms with E-state index in [9.17, 15) is 9.59 Å². The van der Waals surface area contributed by atoms with Gasteiger partial charge in [0.2, 0.25) is 0 Å². The van der Waals surface area contributed by atoms with Crippen LogP contribution in [0.4, 0.5) is 0 Å². The zero-order chi connectivity index (χ0) is 12.3. The van der Waals surface area contributed by atoms with Crippen LogP contribution in [0.5, 0.6) is 0 Å². The van der Waals surface area contributed by atoms with E-state index < -0.39 is 17.2 Å². The molecule has 0 saturated heterocycles. The lowest BCUT2D eigenvalue weighted by atomic mass is 10.1. The number of carboxylic acids is 1. The van der Waals surface area contributed by atoms with Crippen molar-refractivity contribution in [2.24, 2.45) is 5.16 Å². The Bertz CT molecular complexity index is 557. The second-order valence-corrected chi connectivity index (χ2v) is 3.45. The first kappa shape index (κ1) is 12.1. The fourth-order valence-corrected chi connectivity index (χ4v) is 1.31. The highest BCUT2D eigenvalue weighted by atomic mass is 32.1. The molecule has 86 valence electrons. The van der Waals surface area contributed by atoms with Gasteiger partial charge in [-0.3, -0.25) is 9.78 Å². The van der Waals surface area contributed by atoms with Crippen molar-refractivity contribution in [3.63, 3.8) is 0 Å². The maximum atomic E-state index is 11.3. The minimum atomic E-state index is -1.36. The highest BCUT2D eigenvalue weighted by Crippen LogP contribution is 2.00. The van der Waals surface area contributed by atoms with Gasteiger partial charge in [0.15, 0.2) is 10.5 Å². The Balaban J connectivity index is 3.21. The summed E-state index contributed by atoms with van der Waals surface area (Å²) >= 11 is 4.74. The molecule has 0 amide bonds. The SMILES string of the molecule is Cc1c(C/C(=N\O)C(=O)O)[nH]c(=S)[nH]c1=O. The largest absolute Gasteiger partial charge is 0.477 e. The van der Waals surface area contributed by atoms with Gasteiger partial charge in [-0.15, -0.1) is 0 Å². The molecule has 0 bridgehead atoms. The summed E-state index contributed by atoms with van der Waals surface area (Å²) in [6.07, 6.45) is -0.203. The molecule has 16 heavy (non-hydrogen) atoms. The quantitative estimate of drug-likeness (QED) is 0.262. The third-order valence-corrected chi connectivity index (χ3v) is 2.20. The first-order valence-corrected chi connectivity index (χ1v) is 4.62. The minimum Gasteiger partial charge on any atom is -0.477 e. The van der Waals surface area contributed by atoms with Gasteiger partial charge in [0.1, 0.15) is 0 Å². The number of carbonyl (C=O) groups is 1. The highest BCUT2D eigenvalue weighted by Gasteiger charge is 2.14. The molecular formula is C8H9N3O4S. The highest BCUT2D eigenvalue weighted by molar-refractivity contribution is 7.71. The smallest absolute Gasteiger partial charge is 0.354 e. The number of rotatable bonds is 3. The Morgan fingerprint density at radius 1 is 1.50 bits per heavy atom. The Labute approximate surface area is 94.5 Å². The molecule has 0 spiro atoms. The molecule has 8 heteroatoms. The summed E-state index contributed by atoms with van der Waals surface area (Å²) in [4.78, 5) is 26.9. The summed E-state index contributed by atoms with van der Waals surface area (Å²) in [7, 11) is 0. The summed E-state index contributed by atoms with van der Waals surface area (Å²) in [5, 5.41) is 19.8. The molecule has 0 saturated carbocycles. The second kappa shape index (κ2) is 4.71. The number of aliphatic carboxylic acids is 1. The molecule has 4 N–H and O–H groups in total. The number of carboxylic acid groups (broad SMARTS) is 1. The molecule has 0 aliphatic rings. The van der Waals surface area contributed by atoms with Crippen molar-refractivity contribution in [1.82, 2.24) is 9.97 Å². The number of aromatic nitrogens is 2. The second-order valence-electron chi connectivity index (χ2n) is 3.04. The zero-order valence-electron chi connectivity index (χ0n) is 8.27. The molecule has 0 radical (unpaired) electrons. The van der Waals surface area contributed by atoms with Crippen LogP contribution in [0, 0.1) is 11.7 Å². The molecule has 7 nitrogen and oxygen atoms in total. The minimum absolute atomic E-state index is 0.0910. The first-order chi connectivity index (χ1) is 7.45. The Hall–Kier alpha value is -1.96. The van der Waals surface area contributed by atoms with E-state index in [1.807, 2.05) is 0 Å². The summed E-state index contributed by atoms with van der Waals surface area (Å²) in [6, 6.07) is 0. The molecule has 1 aromatic rings. The molecular weight excluding hydrogens is 234 g/mol. The van der Waals surface area contributed by atoms with Crippen molar-refractivity contribution in [3.05, 3.63) is 26.4 Å². The summed E-state index contributed by atoms with van der Waals surface area (Å²) in [5.74, 6) is -1.36. The number of aromatic amines is 2. The molecule has 1 heterocycles. The van der Waals surface area contributed by atoms with E-state index in [0.717, 1.165) is 0 Å². The Morgan fingerprint density at radius 3 is 2.62 bits per heavy atom. The van der Waals surface area contributed by atoms with Gasteiger partial charge in [0, 0.05) is 17.7 Å². The van der Waals surface area contributed by atoms with Gasteiger partial charge in [-0.05, 0) is 19.1 Å². The lowest BCUT2D eigenvalue weighted by Gasteiger charge is -2.03. The van der Waals surface area contributed by atoms with Gasteiger partial charge in [-0.25, -0.2) is 4.79 Å². The number of H-pyrrole nitrogens is 2. The summed E-state index contributed by atoms with van der Waals surface area (Å²) in [5.41, 5.74) is -0.263. The van der Waals surface area contributed by atoms with E-state index in [4.69, 9.17) is 22.5 Å². The van der Waals surface area contributed by atoms with Gasteiger partial charge in [-0.1, -0.05) is 5.16 Å². The molecule has 0 atom stereocenters. The van der Waals surface area contributed by atoms with Crippen LogP contribution in [0.1, 0.15) is 11.3 Å². The zero-order valence-corrected chi connectivity index (χ0v) is 9.09. The lowest BCUT2D eigenvalue weighted by Crippen LogP contribution is -2.21. The van der Waals surface area contributed by atoms with Crippen LogP contribution >= 0.6 is 12.2 Å². The van der Waals surface area contributed by atoms with Crippen molar-refractivity contribution < 1.29 is 15.1 Å². The maximum absolute atomic E-state index is 11.3. The van der Waals surface area contributed by atoms with E-state index in [-0.39, 0.29) is 11.2 Å². The van der Waals surface area contributed by atoms with Crippen LogP contribution in [0.25, 0.3) is 0 Å². The third-order valence-electron chi connectivity index (χ3n) is 2.00. The number of nitrogens with one attached hydrogen (secondary N) is 2. The Kier molecular flexibility index (Phi) is 3.56. The molecule has 0 fully saturated rings. The van der Waals surface area contributed by atoms with E-state index >= 15 is 0 Å². The van der Waals surface area contributed by atoms with Crippen LogP contribution in [0.2, 0.25) is 0 Å². The van der Waals surface area contributed by atoms with Crippen molar-refractivity contribution in [1.29, 1.82) is 0 Å². The van der Waals surface area contributed by atoms with Gasteiger partial charge in [0.25, 0.3) is 5.56 Å². The lowest BCUT2D eigenvalue weighted by molar-refractivity contribution is -0.129. The summed E-state index contributed by atoms with van der Waals surface area (Å²) < 4.78 is 0.0910. The van der Waals surface area contributed by atoms with E-state index in [2.05, 4.69) is 15.1 Å². The molecule has 1 aromatic heterocycles. The average molecular weight is 243 g/mol. The predicted octanol–water partition coefficient (Wildman–Crippen LogP) is 0.198. The monoisotopic (exact) mass is 243 g/mol. The van der Waals surface area contributed by atoms with Crippen molar-refractivity contribution in [2.75, 3.05) is 0 Å². The first-order valence-electron chi connectivity index (χ1n) is 4.22. The standard InChI is InChI=1S/C8H9N3O4S/c1-3-4(2-5(11-15)7(13)14)9-8(16)10-6(3)12/h15H,2H2,1H3,(H,13,14)(H2,9,10,12,16)/b11-5+. The van der Waals surface area contributed by atoms with Crippen LogP contribution in [0.15, 0.2) is 9.95 Å². The van der Waals surface area contributed by atoms with E-state index in [1.165, 1.54) is 6.92 Å². The number of oxime groups is 1. The van der Waals surface area contributed by atoms with Crippen LogP contribution in [0.3, 0.4) is 0 Å². The molecule has 0 aliphatic carbocycles. The molecule has 0 unspecified atom stereocenters. The van der Waals surface area contributed by atoms with Gasteiger partial charge in [0.05, 0.1) is 0 Å². The van der Waals surface area contributed by atoms with Crippen molar-refractivity contribution in [2.45, 2.75) is 13.3 Å². The van der Waals surface area contributed by atoms with Crippen LogP contribution in [-0.2, 0) is 11.2 Å². The topological polar surface area (TPSA) is 119 Å². The van der Waals surface area contributed by atoms with Crippen LogP contribution in [-0.4, -0.2) is 32.0 Å². The maximum Gasteiger partial charge on any atom is 0.354 e. The third kappa shape index (κ3) is 2.54.